The van der Waals surface area contributed by atoms with Gasteiger partial charge in [0.15, 0.2) is 0 Å². The maximum absolute atomic E-state index is 7.25. The Labute approximate surface area is 380 Å². The summed E-state index contributed by atoms with van der Waals surface area (Å²) in [5, 5.41) is 4.59. The Hall–Kier alpha value is -7.68. The first-order valence-electron chi connectivity index (χ1n) is 23.0. The number of ether oxygens (including phenoxy) is 1. The Kier molecular flexibility index (Phi) is 7.21. The molecule has 0 atom stereocenters. The van der Waals surface area contributed by atoms with Gasteiger partial charge in [-0.05, 0) is 102 Å². The first kappa shape index (κ1) is 36.8. The normalized spacial score (nSPS) is 15.6. The third kappa shape index (κ3) is 4.64. The van der Waals surface area contributed by atoms with Gasteiger partial charge in [-0.25, -0.2) is 0 Å². The Morgan fingerprint density at radius 3 is 1.42 bits per heavy atom. The first-order valence-corrected chi connectivity index (χ1v) is 23.0. The average Bonchev–Trinajstić information content (AvgIpc) is 3.86. The summed E-state index contributed by atoms with van der Waals surface area (Å²) >= 11 is 0. The molecule has 2 heteroatoms. The molecule has 0 N–H and O–H groups in total. The first-order chi connectivity index (χ1) is 31.8. The predicted molar refractivity (Wildman–Crippen MR) is 269 cm³/mol. The molecule has 1 aliphatic heterocycles. The van der Waals surface area contributed by atoms with Gasteiger partial charge in [0.1, 0.15) is 11.5 Å². The van der Waals surface area contributed by atoms with E-state index in [9.17, 15) is 0 Å². The van der Waals surface area contributed by atoms with E-state index < -0.39 is 5.41 Å². The Morgan fingerprint density at radius 2 is 0.769 bits per heavy atom. The van der Waals surface area contributed by atoms with Crippen LogP contribution in [0.5, 0.6) is 11.5 Å². The van der Waals surface area contributed by atoms with Crippen molar-refractivity contribution in [1.82, 2.24) is 0 Å². The van der Waals surface area contributed by atoms with E-state index >= 15 is 0 Å². The molecule has 0 saturated carbocycles. The molecule has 0 amide bonds. The maximum atomic E-state index is 7.25. The molecule has 14 rings (SSSR count). The molecule has 0 bridgehead atoms. The molecule has 3 aliphatic carbocycles. The summed E-state index contributed by atoms with van der Waals surface area (Å²) < 4.78 is 7.25. The van der Waals surface area contributed by atoms with Crippen LogP contribution in [0.25, 0.3) is 54.9 Å². The van der Waals surface area contributed by atoms with Gasteiger partial charge in [0.05, 0.1) is 11.1 Å². The van der Waals surface area contributed by atoms with Crippen LogP contribution in [0.4, 0.5) is 17.1 Å². The van der Waals surface area contributed by atoms with Gasteiger partial charge in [-0.15, -0.1) is 0 Å². The zero-order valence-electron chi connectivity index (χ0n) is 36.9. The zero-order valence-corrected chi connectivity index (χ0v) is 36.9. The number of nitrogens with zero attached hydrogens (tertiary/aromatic N) is 1. The van der Waals surface area contributed by atoms with Crippen LogP contribution in [0.2, 0.25) is 0 Å². The fraction of sp³-hybridized carbons (Fsp3) is 0.111. The van der Waals surface area contributed by atoms with Gasteiger partial charge >= 0.3 is 0 Å². The third-order valence-electron chi connectivity index (χ3n) is 15.7. The highest BCUT2D eigenvalue weighted by atomic mass is 16.5. The molecule has 0 radical (unpaired) electrons. The number of hydrogen-bond donors (Lipinski definition) is 0. The largest absolute Gasteiger partial charge is 0.455 e. The highest BCUT2D eigenvalue weighted by Gasteiger charge is 2.52. The highest BCUT2D eigenvalue weighted by molar-refractivity contribution is 6.02. The Bertz CT molecular complexity index is 3630. The minimum Gasteiger partial charge on any atom is -0.455 e. The lowest BCUT2D eigenvalue weighted by Crippen LogP contribution is -2.32. The van der Waals surface area contributed by atoms with E-state index in [0.29, 0.717) is 0 Å². The second kappa shape index (κ2) is 12.7. The van der Waals surface area contributed by atoms with Gasteiger partial charge in [-0.2, -0.15) is 0 Å². The summed E-state index contributed by atoms with van der Waals surface area (Å²) in [5.74, 6) is 1.87. The van der Waals surface area contributed by atoms with E-state index in [-0.39, 0.29) is 10.8 Å². The van der Waals surface area contributed by atoms with Crippen molar-refractivity contribution in [2.75, 3.05) is 4.90 Å². The van der Waals surface area contributed by atoms with Crippen molar-refractivity contribution < 1.29 is 4.74 Å². The van der Waals surface area contributed by atoms with E-state index in [0.717, 1.165) is 33.6 Å². The van der Waals surface area contributed by atoms with Crippen LogP contribution < -0.4 is 9.64 Å². The van der Waals surface area contributed by atoms with Gasteiger partial charge < -0.3 is 9.64 Å². The summed E-state index contributed by atoms with van der Waals surface area (Å²) in [7, 11) is 0. The van der Waals surface area contributed by atoms with E-state index in [2.05, 4.69) is 233 Å². The molecular weight excluding hydrogens is 787 g/mol. The summed E-state index contributed by atoms with van der Waals surface area (Å²) in [6.07, 6.45) is 0. The number of fused-ring (bicyclic) bond motifs is 19. The lowest BCUT2D eigenvalue weighted by atomic mass is 9.65. The molecule has 0 saturated heterocycles. The molecule has 65 heavy (non-hydrogen) atoms. The van der Waals surface area contributed by atoms with Crippen molar-refractivity contribution in [2.24, 2.45) is 0 Å². The van der Waals surface area contributed by atoms with Gasteiger partial charge in [-0.3, -0.25) is 0 Å². The van der Waals surface area contributed by atoms with Crippen LogP contribution in [-0.4, -0.2) is 0 Å². The number of rotatable bonds is 3. The SMILES string of the molecule is CC1(C)c2ccccc2-c2cc(N(c3ccc4c(c3)-c3ccccc3C43c4ccc5ccccc5c4Oc4c3ccc3ccccc43)c3cccc4c3-c3ccccc3C4(C)C)ccc21. The molecule has 4 aliphatic rings. The number of hydrogen-bond acceptors (Lipinski definition) is 2. The molecule has 10 aromatic rings. The highest BCUT2D eigenvalue weighted by Crippen LogP contribution is 2.65. The van der Waals surface area contributed by atoms with Crippen molar-refractivity contribution in [3.63, 3.8) is 0 Å². The molecule has 308 valence electrons. The topological polar surface area (TPSA) is 12.5 Å². The van der Waals surface area contributed by atoms with Crippen molar-refractivity contribution in [1.29, 1.82) is 0 Å². The lowest BCUT2D eigenvalue weighted by Gasteiger charge is -2.40. The second-order valence-electron chi connectivity index (χ2n) is 19.6. The fourth-order valence-electron chi connectivity index (χ4n) is 12.7. The minimum absolute atomic E-state index is 0.0925. The smallest absolute Gasteiger partial charge is 0.140 e. The summed E-state index contributed by atoms with van der Waals surface area (Å²) in [5.41, 5.74) is 20.7. The standard InChI is InChI=1S/C63H45NO/c1-61(2)49-23-12-9-20-44(49)47-36-40(30-34-51(47)61)64(57-27-15-26-54-58(57)46-22-11-13-24-50(46)62(54,3)4)41-31-35-53-48(37-41)45-21-10-14-25-52(45)63(53)55-32-28-38-16-5-7-18-42(38)59(55)65-60-43-19-8-6-17-39(43)29-33-56(60)63/h5-37H,1-4H3. The van der Waals surface area contributed by atoms with Crippen LogP contribution >= 0.6 is 0 Å². The molecule has 0 unspecified atom stereocenters. The van der Waals surface area contributed by atoms with Gasteiger partial charge in [0.2, 0.25) is 0 Å². The fourth-order valence-corrected chi connectivity index (χ4v) is 12.7. The third-order valence-corrected chi connectivity index (χ3v) is 15.7. The summed E-state index contributed by atoms with van der Waals surface area (Å²) in [4.78, 5) is 2.55. The Morgan fingerprint density at radius 1 is 0.338 bits per heavy atom. The molecule has 1 spiro atoms. The lowest BCUT2D eigenvalue weighted by molar-refractivity contribution is 0.447. The molecular formula is C63H45NO. The summed E-state index contributed by atoms with van der Waals surface area (Å²) in [6, 6.07) is 75.1. The minimum atomic E-state index is -0.619. The monoisotopic (exact) mass is 831 g/mol. The number of benzene rings is 10. The zero-order chi connectivity index (χ0) is 43.4. The van der Waals surface area contributed by atoms with E-state index in [1.165, 1.54) is 94.3 Å². The summed E-state index contributed by atoms with van der Waals surface area (Å²) in [6.45, 7) is 9.48. The van der Waals surface area contributed by atoms with Crippen LogP contribution in [0.15, 0.2) is 200 Å². The van der Waals surface area contributed by atoms with Gasteiger partial charge in [0.25, 0.3) is 0 Å². The van der Waals surface area contributed by atoms with Gasteiger partial charge in [0, 0.05) is 49.7 Å². The predicted octanol–water partition coefficient (Wildman–Crippen LogP) is 16.5. The molecule has 2 nitrogen and oxygen atoms in total. The van der Waals surface area contributed by atoms with Crippen molar-refractivity contribution >= 4 is 38.6 Å². The maximum Gasteiger partial charge on any atom is 0.140 e. The molecule has 0 aromatic heterocycles. The van der Waals surface area contributed by atoms with Gasteiger partial charge in [-0.1, -0.05) is 198 Å². The molecule has 0 fully saturated rings. The van der Waals surface area contributed by atoms with Crippen LogP contribution in [0.1, 0.15) is 72.2 Å². The van der Waals surface area contributed by atoms with E-state index in [1.54, 1.807) is 0 Å². The van der Waals surface area contributed by atoms with Crippen molar-refractivity contribution in [3.8, 4) is 44.9 Å². The molecule has 1 heterocycles. The van der Waals surface area contributed by atoms with Crippen LogP contribution in [0, 0.1) is 0 Å². The van der Waals surface area contributed by atoms with Crippen molar-refractivity contribution in [3.05, 3.63) is 245 Å². The van der Waals surface area contributed by atoms with E-state index in [4.69, 9.17) is 4.74 Å². The second-order valence-corrected chi connectivity index (χ2v) is 19.6. The quantitative estimate of drug-likeness (QED) is 0.176. The van der Waals surface area contributed by atoms with Crippen LogP contribution in [-0.2, 0) is 16.2 Å². The average molecular weight is 832 g/mol. The Balaban J connectivity index is 1.06. The van der Waals surface area contributed by atoms with Crippen LogP contribution in [0.3, 0.4) is 0 Å². The van der Waals surface area contributed by atoms with E-state index in [1.807, 2.05) is 0 Å². The number of anilines is 3. The molecule has 10 aromatic carbocycles. The van der Waals surface area contributed by atoms with Crippen molar-refractivity contribution in [2.45, 2.75) is 43.9 Å².